The molecule has 0 aromatic rings. The van der Waals surface area contributed by atoms with E-state index in [1.165, 1.54) is 0 Å². The number of hydrogen-bond donors (Lipinski definition) is 3. The lowest BCUT2D eigenvalue weighted by Gasteiger charge is -2.16. The first-order valence-electron chi connectivity index (χ1n) is 5.74. The monoisotopic (exact) mass is 216 g/mol. The van der Waals surface area contributed by atoms with Gasteiger partial charge in [0.25, 0.3) is 0 Å². The molecule has 0 aromatic carbocycles. The first kappa shape index (κ1) is 14.4. The molecule has 2 atom stereocenters. The van der Waals surface area contributed by atoms with Crippen molar-refractivity contribution in [3.8, 4) is 0 Å². The van der Waals surface area contributed by atoms with Crippen molar-refractivity contribution in [1.29, 1.82) is 0 Å². The molecule has 0 radical (unpaired) electrons. The Balaban J connectivity index is 3.76. The summed E-state index contributed by atoms with van der Waals surface area (Å²) in [4.78, 5) is 11.5. The Bertz CT molecular complexity index is 174. The maximum Gasteiger partial charge on any atom is 0.222 e. The summed E-state index contributed by atoms with van der Waals surface area (Å²) < 4.78 is 0. The van der Waals surface area contributed by atoms with Crippen LogP contribution in [0.5, 0.6) is 0 Å². The number of carbonyl (C=O) groups excluding carboxylic acids is 1. The van der Waals surface area contributed by atoms with Gasteiger partial charge in [-0.15, -0.1) is 0 Å². The highest BCUT2D eigenvalue weighted by Gasteiger charge is 2.13. The SMILES string of the molecule is CCC(CCO)CNC(=O)C(C)CCN. The lowest BCUT2D eigenvalue weighted by Crippen LogP contribution is -2.34. The predicted molar refractivity (Wildman–Crippen MR) is 61.3 cm³/mol. The molecule has 0 saturated heterocycles. The van der Waals surface area contributed by atoms with E-state index in [0.717, 1.165) is 19.3 Å². The van der Waals surface area contributed by atoms with E-state index in [0.29, 0.717) is 19.0 Å². The molecule has 2 unspecified atom stereocenters. The van der Waals surface area contributed by atoms with Gasteiger partial charge >= 0.3 is 0 Å². The number of aliphatic hydroxyl groups is 1. The van der Waals surface area contributed by atoms with Gasteiger partial charge in [-0.2, -0.15) is 0 Å². The van der Waals surface area contributed by atoms with Crippen LogP contribution in [0.2, 0.25) is 0 Å². The van der Waals surface area contributed by atoms with E-state index in [4.69, 9.17) is 10.8 Å². The van der Waals surface area contributed by atoms with Crippen LogP contribution in [0.15, 0.2) is 0 Å². The van der Waals surface area contributed by atoms with E-state index in [1.54, 1.807) is 0 Å². The predicted octanol–water partition coefficient (Wildman–Crippen LogP) is 0.496. The summed E-state index contributed by atoms with van der Waals surface area (Å²) in [6.45, 7) is 5.34. The zero-order chi connectivity index (χ0) is 11.7. The molecule has 0 bridgehead atoms. The minimum atomic E-state index is -0.0124. The molecule has 0 fully saturated rings. The van der Waals surface area contributed by atoms with Crippen molar-refractivity contribution in [1.82, 2.24) is 5.32 Å². The minimum absolute atomic E-state index is 0.0124. The maximum atomic E-state index is 11.5. The van der Waals surface area contributed by atoms with Crippen LogP contribution in [0.25, 0.3) is 0 Å². The second kappa shape index (κ2) is 8.68. The van der Waals surface area contributed by atoms with Crippen LogP contribution in [0.1, 0.15) is 33.1 Å². The fourth-order valence-electron chi connectivity index (χ4n) is 1.43. The standard InChI is InChI=1S/C11H24N2O2/c1-3-10(5-7-14)8-13-11(15)9(2)4-6-12/h9-10,14H,3-8,12H2,1-2H3,(H,13,15). The third-order valence-corrected chi connectivity index (χ3v) is 2.73. The Hall–Kier alpha value is -0.610. The normalized spacial score (nSPS) is 14.7. The molecule has 0 aliphatic carbocycles. The third kappa shape index (κ3) is 6.47. The quantitative estimate of drug-likeness (QED) is 0.553. The lowest BCUT2D eigenvalue weighted by atomic mass is 10.0. The summed E-state index contributed by atoms with van der Waals surface area (Å²) in [6.07, 6.45) is 2.46. The zero-order valence-electron chi connectivity index (χ0n) is 9.83. The summed E-state index contributed by atoms with van der Waals surface area (Å²) in [5.74, 6) is 0.433. The second-order valence-corrected chi connectivity index (χ2v) is 4.01. The van der Waals surface area contributed by atoms with E-state index < -0.39 is 0 Å². The Morgan fingerprint density at radius 1 is 1.47 bits per heavy atom. The van der Waals surface area contributed by atoms with Crippen LogP contribution in [0, 0.1) is 11.8 Å². The van der Waals surface area contributed by atoms with Crippen LogP contribution >= 0.6 is 0 Å². The highest BCUT2D eigenvalue weighted by atomic mass is 16.3. The van der Waals surface area contributed by atoms with E-state index in [1.807, 2.05) is 6.92 Å². The average molecular weight is 216 g/mol. The summed E-state index contributed by atoms with van der Waals surface area (Å²) in [7, 11) is 0. The van der Waals surface area contributed by atoms with Crippen LogP contribution in [-0.2, 0) is 4.79 Å². The van der Waals surface area contributed by atoms with Crippen molar-refractivity contribution in [2.24, 2.45) is 17.6 Å². The van der Waals surface area contributed by atoms with Gasteiger partial charge in [0.2, 0.25) is 5.91 Å². The Morgan fingerprint density at radius 3 is 2.60 bits per heavy atom. The van der Waals surface area contributed by atoms with Crippen molar-refractivity contribution in [2.75, 3.05) is 19.7 Å². The van der Waals surface area contributed by atoms with E-state index in [9.17, 15) is 4.79 Å². The van der Waals surface area contributed by atoms with Gasteiger partial charge in [-0.05, 0) is 25.3 Å². The molecule has 0 aliphatic heterocycles. The van der Waals surface area contributed by atoms with Gasteiger partial charge in [0.15, 0.2) is 0 Å². The number of hydrogen-bond acceptors (Lipinski definition) is 3. The molecule has 0 rings (SSSR count). The highest BCUT2D eigenvalue weighted by molar-refractivity contribution is 5.78. The molecule has 4 nitrogen and oxygen atoms in total. The summed E-state index contributed by atoms with van der Waals surface area (Å²) in [5.41, 5.74) is 5.38. The summed E-state index contributed by atoms with van der Waals surface area (Å²) in [6, 6.07) is 0. The maximum absolute atomic E-state index is 11.5. The van der Waals surface area contributed by atoms with E-state index >= 15 is 0 Å². The van der Waals surface area contributed by atoms with Gasteiger partial charge < -0.3 is 16.2 Å². The van der Waals surface area contributed by atoms with E-state index in [-0.39, 0.29) is 18.4 Å². The highest BCUT2D eigenvalue weighted by Crippen LogP contribution is 2.07. The molecule has 0 spiro atoms. The molecule has 0 saturated carbocycles. The van der Waals surface area contributed by atoms with Gasteiger partial charge in [-0.3, -0.25) is 4.79 Å². The Morgan fingerprint density at radius 2 is 2.13 bits per heavy atom. The van der Waals surface area contributed by atoms with Gasteiger partial charge in [-0.25, -0.2) is 0 Å². The number of rotatable bonds is 8. The molecule has 0 aromatic heterocycles. The van der Waals surface area contributed by atoms with Crippen molar-refractivity contribution in [3.63, 3.8) is 0 Å². The van der Waals surface area contributed by atoms with Crippen molar-refractivity contribution in [2.45, 2.75) is 33.1 Å². The number of nitrogens with two attached hydrogens (primary N) is 1. The molecule has 4 heteroatoms. The number of aliphatic hydroxyl groups excluding tert-OH is 1. The van der Waals surface area contributed by atoms with Gasteiger partial charge in [0.05, 0.1) is 0 Å². The van der Waals surface area contributed by atoms with Gasteiger partial charge in [0.1, 0.15) is 0 Å². The molecule has 90 valence electrons. The molecular weight excluding hydrogens is 192 g/mol. The smallest absolute Gasteiger partial charge is 0.222 e. The van der Waals surface area contributed by atoms with E-state index in [2.05, 4.69) is 12.2 Å². The van der Waals surface area contributed by atoms with Crippen LogP contribution in [-0.4, -0.2) is 30.7 Å². The third-order valence-electron chi connectivity index (χ3n) is 2.73. The van der Waals surface area contributed by atoms with Crippen LogP contribution in [0.3, 0.4) is 0 Å². The minimum Gasteiger partial charge on any atom is -0.396 e. The average Bonchev–Trinajstić information content (AvgIpc) is 2.24. The summed E-state index contributed by atoms with van der Waals surface area (Å²) in [5, 5.41) is 11.7. The Kier molecular flexibility index (Phi) is 8.33. The molecule has 4 N–H and O–H groups in total. The number of carbonyl (C=O) groups is 1. The van der Waals surface area contributed by atoms with Crippen molar-refractivity contribution in [3.05, 3.63) is 0 Å². The lowest BCUT2D eigenvalue weighted by molar-refractivity contribution is -0.124. The molecule has 0 aliphatic rings. The Labute approximate surface area is 92.2 Å². The second-order valence-electron chi connectivity index (χ2n) is 4.01. The van der Waals surface area contributed by atoms with Gasteiger partial charge in [-0.1, -0.05) is 20.3 Å². The van der Waals surface area contributed by atoms with Crippen LogP contribution < -0.4 is 11.1 Å². The van der Waals surface area contributed by atoms with Crippen molar-refractivity contribution < 1.29 is 9.90 Å². The fourth-order valence-corrected chi connectivity index (χ4v) is 1.43. The number of nitrogens with one attached hydrogen (secondary N) is 1. The van der Waals surface area contributed by atoms with Gasteiger partial charge in [0, 0.05) is 19.1 Å². The molecular formula is C11H24N2O2. The fraction of sp³-hybridized carbons (Fsp3) is 0.909. The topological polar surface area (TPSA) is 75.3 Å². The van der Waals surface area contributed by atoms with Crippen LogP contribution in [0.4, 0.5) is 0 Å². The zero-order valence-corrected chi connectivity index (χ0v) is 9.83. The van der Waals surface area contributed by atoms with Crippen molar-refractivity contribution >= 4 is 5.91 Å². The largest absolute Gasteiger partial charge is 0.396 e. The number of amides is 1. The molecule has 0 heterocycles. The molecule has 15 heavy (non-hydrogen) atoms. The first-order valence-corrected chi connectivity index (χ1v) is 5.74. The summed E-state index contributed by atoms with van der Waals surface area (Å²) >= 11 is 0. The molecule has 1 amide bonds. The first-order chi connectivity index (χ1) is 7.15.